The van der Waals surface area contributed by atoms with Crippen LogP contribution in [-0.4, -0.2) is 40.7 Å². The molecular formula is C21H20ClN3O4. The Morgan fingerprint density at radius 1 is 1.24 bits per heavy atom. The van der Waals surface area contributed by atoms with Gasteiger partial charge in [0.2, 0.25) is 0 Å². The van der Waals surface area contributed by atoms with E-state index >= 15 is 0 Å². The minimum absolute atomic E-state index is 0.229. The number of aliphatic hydroxyl groups excluding tert-OH is 1. The van der Waals surface area contributed by atoms with Gasteiger partial charge in [-0.05, 0) is 47.9 Å². The van der Waals surface area contributed by atoms with Crippen molar-refractivity contribution in [3.8, 4) is 5.75 Å². The molecule has 0 saturated heterocycles. The highest BCUT2D eigenvalue weighted by atomic mass is 35.5. The lowest BCUT2D eigenvalue weighted by Gasteiger charge is -2.31. The summed E-state index contributed by atoms with van der Waals surface area (Å²) in [6, 6.07) is 12.0. The van der Waals surface area contributed by atoms with Crippen LogP contribution in [0.25, 0.3) is 10.9 Å². The molecule has 0 aliphatic heterocycles. The molecule has 5 N–H and O–H groups in total. The van der Waals surface area contributed by atoms with Crippen LogP contribution in [0.4, 0.5) is 0 Å². The smallest absolute Gasteiger partial charge is 0.268 e. The summed E-state index contributed by atoms with van der Waals surface area (Å²) in [5.41, 5.74) is 8.13. The molecule has 0 radical (unpaired) electrons. The van der Waals surface area contributed by atoms with Crippen molar-refractivity contribution >= 4 is 34.3 Å². The topological polar surface area (TPSA) is 117 Å². The third-order valence-electron chi connectivity index (χ3n) is 5.06. The minimum Gasteiger partial charge on any atom is -0.483 e. The Balaban J connectivity index is 1.53. The largest absolute Gasteiger partial charge is 0.483 e. The van der Waals surface area contributed by atoms with Gasteiger partial charge in [-0.1, -0.05) is 23.7 Å². The summed E-state index contributed by atoms with van der Waals surface area (Å²) < 4.78 is 5.50. The Bertz CT molecular complexity index is 1090. The van der Waals surface area contributed by atoms with E-state index in [1.54, 1.807) is 30.3 Å². The molecule has 8 heteroatoms. The second-order valence-corrected chi connectivity index (χ2v) is 7.56. The lowest BCUT2D eigenvalue weighted by molar-refractivity contribution is -0.119. The van der Waals surface area contributed by atoms with Gasteiger partial charge in [0.25, 0.3) is 11.8 Å². The Kier molecular flexibility index (Phi) is 5.17. The number of halogens is 1. The van der Waals surface area contributed by atoms with Gasteiger partial charge in [0.05, 0.1) is 12.1 Å². The van der Waals surface area contributed by atoms with Crippen LogP contribution in [0, 0.1) is 0 Å². The lowest BCUT2D eigenvalue weighted by Crippen LogP contribution is -2.48. The van der Waals surface area contributed by atoms with E-state index in [2.05, 4.69) is 10.3 Å². The summed E-state index contributed by atoms with van der Waals surface area (Å²) in [5, 5.41) is 14.9. The van der Waals surface area contributed by atoms with Crippen LogP contribution in [-0.2, 0) is 17.6 Å². The summed E-state index contributed by atoms with van der Waals surface area (Å²) in [6.45, 7) is -0.229. The number of amides is 2. The second kappa shape index (κ2) is 7.77. The third kappa shape index (κ3) is 4.06. The molecule has 7 nitrogen and oxygen atoms in total. The minimum atomic E-state index is -0.739. The molecule has 1 aromatic heterocycles. The number of rotatable bonds is 5. The van der Waals surface area contributed by atoms with Gasteiger partial charge >= 0.3 is 0 Å². The predicted octanol–water partition coefficient (Wildman–Crippen LogP) is 1.94. The summed E-state index contributed by atoms with van der Waals surface area (Å²) in [6.07, 6.45) is 0.0104. The average molecular weight is 414 g/mol. The van der Waals surface area contributed by atoms with E-state index in [-0.39, 0.29) is 12.5 Å². The van der Waals surface area contributed by atoms with Gasteiger partial charge in [0.15, 0.2) is 6.61 Å². The highest BCUT2D eigenvalue weighted by molar-refractivity contribution is 6.31. The normalized spacial score (nSPS) is 18.3. The number of carbonyl (C=O) groups excluding carboxylic acids is 2. The number of hydrogen-bond donors (Lipinski definition) is 4. The van der Waals surface area contributed by atoms with Gasteiger partial charge in [0.1, 0.15) is 11.4 Å². The van der Waals surface area contributed by atoms with Crippen LogP contribution >= 0.6 is 11.6 Å². The Morgan fingerprint density at radius 2 is 2.07 bits per heavy atom. The number of nitrogens with two attached hydrogens (primary N) is 1. The number of aromatic nitrogens is 1. The fraction of sp³-hybridized carbons (Fsp3) is 0.238. The number of benzene rings is 2. The van der Waals surface area contributed by atoms with E-state index in [1.807, 2.05) is 12.1 Å². The van der Waals surface area contributed by atoms with E-state index in [0.29, 0.717) is 29.3 Å². The van der Waals surface area contributed by atoms with E-state index in [0.717, 1.165) is 22.0 Å². The Hall–Kier alpha value is -3.03. The molecule has 3 aromatic rings. The zero-order valence-electron chi connectivity index (χ0n) is 15.4. The van der Waals surface area contributed by atoms with Gasteiger partial charge in [-0.2, -0.15) is 0 Å². The number of carbonyl (C=O) groups is 2. The fourth-order valence-corrected chi connectivity index (χ4v) is 3.84. The lowest BCUT2D eigenvalue weighted by atomic mass is 9.85. The zero-order chi connectivity index (χ0) is 20.5. The first-order chi connectivity index (χ1) is 13.9. The maximum Gasteiger partial charge on any atom is 0.268 e. The second-order valence-electron chi connectivity index (χ2n) is 7.12. The van der Waals surface area contributed by atoms with Gasteiger partial charge in [-0.15, -0.1) is 0 Å². The molecule has 4 rings (SSSR count). The number of hydrogen-bond acceptors (Lipinski definition) is 4. The number of H-pyrrole nitrogens is 1. The van der Waals surface area contributed by atoms with Crippen LogP contribution in [0.1, 0.15) is 21.6 Å². The van der Waals surface area contributed by atoms with Gasteiger partial charge in [-0.3, -0.25) is 9.59 Å². The highest BCUT2D eigenvalue weighted by Gasteiger charge is 2.30. The SMILES string of the molecule is NC(=O)COc1cccc2c1CC(NC(=O)c1cc3cc(Cl)ccc3[nH]1)C(O)C2. The van der Waals surface area contributed by atoms with Crippen molar-refractivity contribution in [3.63, 3.8) is 0 Å². The van der Waals surface area contributed by atoms with Gasteiger partial charge < -0.3 is 25.9 Å². The monoisotopic (exact) mass is 413 g/mol. The van der Waals surface area contributed by atoms with E-state index in [4.69, 9.17) is 22.1 Å². The summed E-state index contributed by atoms with van der Waals surface area (Å²) in [7, 11) is 0. The molecule has 1 aliphatic carbocycles. The standard InChI is InChI=1S/C21H20ClN3O4/c22-13-4-5-15-12(6-13)7-17(24-15)21(28)25-16-9-14-11(8-18(16)26)2-1-3-19(14)29-10-20(23)27/h1-7,16,18,24,26H,8-10H2,(H2,23,27)(H,25,28). The summed E-state index contributed by atoms with van der Waals surface area (Å²) in [4.78, 5) is 26.9. The molecule has 2 aromatic carbocycles. The first-order valence-electron chi connectivity index (χ1n) is 9.20. The van der Waals surface area contributed by atoms with Crippen molar-refractivity contribution in [2.45, 2.75) is 25.0 Å². The molecule has 0 spiro atoms. The van der Waals surface area contributed by atoms with Gasteiger partial charge in [0, 0.05) is 22.3 Å². The number of aliphatic hydroxyl groups is 1. The van der Waals surface area contributed by atoms with Crippen molar-refractivity contribution in [3.05, 3.63) is 64.3 Å². The van der Waals surface area contributed by atoms with Crippen LogP contribution in [0.3, 0.4) is 0 Å². The molecule has 1 aliphatic rings. The molecular weight excluding hydrogens is 394 g/mol. The van der Waals surface area contributed by atoms with Crippen molar-refractivity contribution in [2.75, 3.05) is 6.61 Å². The highest BCUT2D eigenvalue weighted by Crippen LogP contribution is 2.30. The maximum atomic E-state index is 12.7. The van der Waals surface area contributed by atoms with Crippen molar-refractivity contribution < 1.29 is 19.4 Å². The van der Waals surface area contributed by atoms with E-state index in [9.17, 15) is 14.7 Å². The number of ether oxygens (including phenoxy) is 1. The number of nitrogens with one attached hydrogen (secondary N) is 2. The summed E-state index contributed by atoms with van der Waals surface area (Å²) >= 11 is 6.00. The average Bonchev–Trinajstić information content (AvgIpc) is 3.10. The molecule has 0 bridgehead atoms. The third-order valence-corrected chi connectivity index (χ3v) is 5.30. The van der Waals surface area contributed by atoms with Crippen molar-refractivity contribution in [1.29, 1.82) is 0 Å². The quantitative estimate of drug-likeness (QED) is 0.511. The number of fused-ring (bicyclic) bond motifs is 2. The van der Waals surface area contributed by atoms with Crippen molar-refractivity contribution in [2.24, 2.45) is 5.73 Å². The van der Waals surface area contributed by atoms with E-state index in [1.165, 1.54) is 0 Å². The number of aromatic amines is 1. The van der Waals surface area contributed by atoms with Crippen LogP contribution in [0.5, 0.6) is 5.75 Å². The molecule has 2 unspecified atom stereocenters. The predicted molar refractivity (Wildman–Crippen MR) is 109 cm³/mol. The molecule has 1 heterocycles. The first-order valence-corrected chi connectivity index (χ1v) is 9.57. The Morgan fingerprint density at radius 3 is 2.86 bits per heavy atom. The zero-order valence-corrected chi connectivity index (χ0v) is 16.2. The maximum absolute atomic E-state index is 12.7. The van der Waals surface area contributed by atoms with Gasteiger partial charge in [-0.25, -0.2) is 0 Å². The van der Waals surface area contributed by atoms with E-state index < -0.39 is 18.1 Å². The molecule has 29 heavy (non-hydrogen) atoms. The summed E-state index contributed by atoms with van der Waals surface area (Å²) in [5.74, 6) is -0.352. The van der Waals surface area contributed by atoms with Crippen LogP contribution in [0.15, 0.2) is 42.5 Å². The fourth-order valence-electron chi connectivity index (χ4n) is 3.66. The molecule has 2 atom stereocenters. The molecule has 150 valence electrons. The van der Waals surface area contributed by atoms with Crippen LogP contribution in [0.2, 0.25) is 5.02 Å². The Labute approximate surface area is 171 Å². The molecule has 0 fully saturated rings. The molecule has 2 amide bonds. The molecule has 0 saturated carbocycles. The number of primary amides is 1. The first kappa shape index (κ1) is 19.3. The van der Waals surface area contributed by atoms with Crippen molar-refractivity contribution in [1.82, 2.24) is 10.3 Å². The van der Waals surface area contributed by atoms with Crippen LogP contribution < -0.4 is 15.8 Å².